The number of thioether (sulfide) groups is 1. The largest absolute Gasteiger partial charge is 0.466 e. The number of hydrogen-bond donors (Lipinski definition) is 1. The van der Waals surface area contributed by atoms with E-state index < -0.39 is 0 Å². The average Bonchev–Trinajstić information content (AvgIpc) is 3.11. The van der Waals surface area contributed by atoms with Crippen molar-refractivity contribution in [1.82, 2.24) is 10.3 Å². The van der Waals surface area contributed by atoms with E-state index in [-0.39, 0.29) is 30.3 Å². The minimum absolute atomic E-state index is 0.0243. The fraction of sp³-hybridized carbons (Fsp3) is 0.500. The number of benzene rings is 1. The second-order valence-electron chi connectivity index (χ2n) is 7.49. The van der Waals surface area contributed by atoms with Crippen molar-refractivity contribution < 1.29 is 14.3 Å². The molecule has 0 saturated heterocycles. The topological polar surface area (TPSA) is 68.3 Å². The van der Waals surface area contributed by atoms with Crippen LogP contribution in [0.2, 0.25) is 0 Å². The summed E-state index contributed by atoms with van der Waals surface area (Å²) >= 11 is 2.83. The van der Waals surface area contributed by atoms with Gasteiger partial charge >= 0.3 is 5.97 Å². The fourth-order valence-electron chi connectivity index (χ4n) is 2.86. The smallest absolute Gasteiger partial charge is 0.311 e. The molecular weight excluding hydrogens is 404 g/mol. The molecule has 0 aliphatic rings. The zero-order valence-corrected chi connectivity index (χ0v) is 19.4. The third-order valence-electron chi connectivity index (χ3n) is 4.43. The molecule has 1 amide bonds. The molecule has 0 bridgehead atoms. The van der Waals surface area contributed by atoms with E-state index in [4.69, 9.17) is 4.74 Å². The molecule has 2 rings (SSSR count). The van der Waals surface area contributed by atoms with E-state index >= 15 is 0 Å². The van der Waals surface area contributed by atoms with Crippen LogP contribution in [-0.4, -0.2) is 29.2 Å². The maximum absolute atomic E-state index is 12.5. The van der Waals surface area contributed by atoms with Gasteiger partial charge in [0, 0.05) is 5.38 Å². The predicted octanol–water partition coefficient (Wildman–Crippen LogP) is 4.98. The molecule has 0 radical (unpaired) electrons. The molecule has 1 unspecified atom stereocenters. The molecule has 0 aliphatic heterocycles. The van der Waals surface area contributed by atoms with Crippen molar-refractivity contribution in [3.8, 4) is 0 Å². The first-order chi connectivity index (χ1) is 13.8. The summed E-state index contributed by atoms with van der Waals surface area (Å²) in [6, 6.07) is 8.46. The Bertz CT molecular complexity index is 801. The van der Waals surface area contributed by atoms with Crippen LogP contribution in [0.4, 0.5) is 0 Å². The molecule has 1 aromatic heterocycles. The Hall–Kier alpha value is -1.86. The van der Waals surface area contributed by atoms with Crippen molar-refractivity contribution in [3.05, 3.63) is 46.5 Å². The predicted molar refractivity (Wildman–Crippen MR) is 119 cm³/mol. The maximum atomic E-state index is 12.5. The second kappa shape index (κ2) is 11.4. The Balaban J connectivity index is 1.91. The molecule has 158 valence electrons. The third-order valence-corrected chi connectivity index (χ3v) is 6.50. The van der Waals surface area contributed by atoms with Crippen LogP contribution in [0.15, 0.2) is 34.0 Å². The van der Waals surface area contributed by atoms with Gasteiger partial charge < -0.3 is 10.1 Å². The minimum Gasteiger partial charge on any atom is -0.466 e. The first-order valence-corrected chi connectivity index (χ1v) is 11.8. The minimum atomic E-state index is -0.282. The number of aromatic nitrogens is 1. The SMILES string of the molecule is CCOC(=O)Cc1csc(SCC(=O)NC(c2ccc(C(C)C)cc2)C(C)C)n1. The van der Waals surface area contributed by atoms with E-state index in [1.54, 1.807) is 6.92 Å². The summed E-state index contributed by atoms with van der Waals surface area (Å²) in [6.07, 6.45) is 0.166. The maximum Gasteiger partial charge on any atom is 0.311 e. The van der Waals surface area contributed by atoms with Crippen LogP contribution >= 0.6 is 23.1 Å². The van der Waals surface area contributed by atoms with Crippen molar-refractivity contribution in [2.45, 2.75) is 57.3 Å². The first kappa shape index (κ1) is 23.4. The molecule has 0 saturated carbocycles. The molecule has 1 heterocycles. The Labute approximate surface area is 181 Å². The van der Waals surface area contributed by atoms with Gasteiger partial charge in [-0.1, -0.05) is 63.7 Å². The Morgan fingerprint density at radius 1 is 1.14 bits per heavy atom. The van der Waals surface area contributed by atoms with Gasteiger partial charge in [-0.2, -0.15) is 0 Å². The third kappa shape index (κ3) is 7.48. The van der Waals surface area contributed by atoms with Crippen molar-refractivity contribution in [2.75, 3.05) is 12.4 Å². The monoisotopic (exact) mass is 434 g/mol. The number of nitrogens with one attached hydrogen (secondary N) is 1. The lowest BCUT2D eigenvalue weighted by atomic mass is 9.93. The lowest BCUT2D eigenvalue weighted by molar-refractivity contribution is -0.142. The summed E-state index contributed by atoms with van der Waals surface area (Å²) in [5, 5.41) is 4.99. The van der Waals surface area contributed by atoms with Gasteiger partial charge in [-0.05, 0) is 29.9 Å². The van der Waals surface area contributed by atoms with E-state index in [9.17, 15) is 9.59 Å². The first-order valence-electron chi connectivity index (χ1n) is 9.92. The number of carbonyl (C=O) groups is 2. The fourth-order valence-corrected chi connectivity index (χ4v) is 4.52. The van der Waals surface area contributed by atoms with Crippen molar-refractivity contribution in [2.24, 2.45) is 5.92 Å². The highest BCUT2D eigenvalue weighted by Crippen LogP contribution is 2.26. The molecule has 1 atom stereocenters. The van der Waals surface area contributed by atoms with E-state index in [2.05, 4.69) is 62.3 Å². The Kier molecular flexibility index (Phi) is 9.17. The lowest BCUT2D eigenvalue weighted by Crippen LogP contribution is -2.33. The van der Waals surface area contributed by atoms with Gasteiger partial charge in [-0.15, -0.1) is 11.3 Å². The number of amides is 1. The highest BCUT2D eigenvalue weighted by atomic mass is 32.2. The van der Waals surface area contributed by atoms with E-state index in [1.807, 2.05) is 5.38 Å². The van der Waals surface area contributed by atoms with Gasteiger partial charge in [0.15, 0.2) is 4.34 Å². The van der Waals surface area contributed by atoms with Crippen LogP contribution < -0.4 is 5.32 Å². The van der Waals surface area contributed by atoms with Crippen LogP contribution in [0.5, 0.6) is 0 Å². The highest BCUT2D eigenvalue weighted by Gasteiger charge is 2.19. The molecule has 0 fully saturated rings. The summed E-state index contributed by atoms with van der Waals surface area (Å²) in [5.74, 6) is 0.753. The molecular formula is C22H30N2O3S2. The summed E-state index contributed by atoms with van der Waals surface area (Å²) in [7, 11) is 0. The van der Waals surface area contributed by atoms with Crippen molar-refractivity contribution in [1.29, 1.82) is 0 Å². The molecule has 7 heteroatoms. The standard InChI is InChI=1S/C22H30N2O3S2/c1-6-27-20(26)11-18-12-28-22(23-18)29-13-19(25)24-21(15(4)5)17-9-7-16(8-10-17)14(2)3/h7-10,12,14-15,21H,6,11,13H2,1-5H3,(H,24,25). The molecule has 1 aromatic carbocycles. The Morgan fingerprint density at radius 3 is 2.38 bits per heavy atom. The summed E-state index contributed by atoms with van der Waals surface area (Å²) in [4.78, 5) is 28.5. The van der Waals surface area contributed by atoms with Gasteiger partial charge in [-0.25, -0.2) is 4.98 Å². The van der Waals surface area contributed by atoms with Crippen LogP contribution in [0, 0.1) is 5.92 Å². The molecule has 0 spiro atoms. The number of ether oxygens (including phenoxy) is 1. The molecule has 5 nitrogen and oxygen atoms in total. The summed E-state index contributed by atoms with van der Waals surface area (Å²) in [5.41, 5.74) is 3.09. The van der Waals surface area contributed by atoms with Gasteiger partial charge in [0.2, 0.25) is 5.91 Å². The van der Waals surface area contributed by atoms with Gasteiger partial charge in [0.25, 0.3) is 0 Å². The van der Waals surface area contributed by atoms with E-state index in [0.29, 0.717) is 24.0 Å². The summed E-state index contributed by atoms with van der Waals surface area (Å²) < 4.78 is 5.72. The number of hydrogen-bond acceptors (Lipinski definition) is 6. The quantitative estimate of drug-likeness (QED) is 0.422. The number of rotatable bonds is 10. The van der Waals surface area contributed by atoms with Crippen LogP contribution in [0.1, 0.15) is 63.4 Å². The van der Waals surface area contributed by atoms with E-state index in [1.165, 1.54) is 28.7 Å². The van der Waals surface area contributed by atoms with Crippen molar-refractivity contribution >= 4 is 35.0 Å². The zero-order chi connectivity index (χ0) is 21.4. The van der Waals surface area contributed by atoms with Gasteiger partial charge in [-0.3, -0.25) is 9.59 Å². The number of carbonyl (C=O) groups excluding carboxylic acids is 2. The highest BCUT2D eigenvalue weighted by molar-refractivity contribution is 8.01. The number of nitrogens with zero attached hydrogens (tertiary/aromatic N) is 1. The van der Waals surface area contributed by atoms with E-state index in [0.717, 1.165) is 9.90 Å². The number of esters is 1. The second-order valence-corrected chi connectivity index (χ2v) is 9.57. The van der Waals surface area contributed by atoms with Gasteiger partial charge in [0.05, 0.1) is 30.5 Å². The van der Waals surface area contributed by atoms with Crippen LogP contribution in [-0.2, 0) is 20.7 Å². The number of thiazole rings is 1. The van der Waals surface area contributed by atoms with Crippen LogP contribution in [0.3, 0.4) is 0 Å². The van der Waals surface area contributed by atoms with Crippen molar-refractivity contribution in [3.63, 3.8) is 0 Å². The molecule has 29 heavy (non-hydrogen) atoms. The summed E-state index contributed by atoms with van der Waals surface area (Å²) in [6.45, 7) is 10.7. The van der Waals surface area contributed by atoms with Crippen LogP contribution in [0.25, 0.3) is 0 Å². The molecule has 2 aromatic rings. The molecule has 0 aliphatic carbocycles. The van der Waals surface area contributed by atoms with Gasteiger partial charge in [0.1, 0.15) is 0 Å². The lowest BCUT2D eigenvalue weighted by Gasteiger charge is -2.23. The Morgan fingerprint density at radius 2 is 1.79 bits per heavy atom. The zero-order valence-electron chi connectivity index (χ0n) is 17.7. The molecule has 1 N–H and O–H groups in total. The average molecular weight is 435 g/mol. The normalized spacial score (nSPS) is 12.2.